The second-order valence-corrected chi connectivity index (χ2v) is 2.65. The maximum Gasteiger partial charge on any atom is 0.174 e. The highest BCUT2D eigenvalue weighted by Crippen LogP contribution is 2.07. The molecule has 0 saturated heterocycles. The van der Waals surface area contributed by atoms with Gasteiger partial charge in [-0.2, -0.15) is 0 Å². The summed E-state index contributed by atoms with van der Waals surface area (Å²) >= 11 is 0. The molecule has 0 radical (unpaired) electrons. The molecule has 0 fully saturated rings. The van der Waals surface area contributed by atoms with E-state index in [-0.39, 0.29) is 12.2 Å². The number of carbonyl (C=O) groups is 1. The van der Waals surface area contributed by atoms with Gasteiger partial charge in [-0.3, -0.25) is 4.79 Å². The zero-order valence-electron chi connectivity index (χ0n) is 7.50. The summed E-state index contributed by atoms with van der Waals surface area (Å²) in [5.74, 6) is 5.45. The Morgan fingerprint density at radius 1 is 1.38 bits per heavy atom. The second-order valence-electron chi connectivity index (χ2n) is 2.65. The van der Waals surface area contributed by atoms with E-state index in [1.807, 2.05) is 0 Å². The maximum absolute atomic E-state index is 11.4. The minimum absolute atomic E-state index is 0.0364. The molecule has 0 heterocycles. The van der Waals surface area contributed by atoms with Crippen molar-refractivity contribution in [2.45, 2.75) is 13.3 Å². The lowest BCUT2D eigenvalue weighted by Gasteiger charge is -1.96. The lowest BCUT2D eigenvalue weighted by Crippen LogP contribution is -1.97. The van der Waals surface area contributed by atoms with Crippen LogP contribution in [0.15, 0.2) is 24.3 Å². The van der Waals surface area contributed by atoms with E-state index in [0.717, 1.165) is 0 Å². The van der Waals surface area contributed by atoms with E-state index in [4.69, 9.17) is 5.73 Å². The van der Waals surface area contributed by atoms with Gasteiger partial charge in [0, 0.05) is 11.3 Å². The third-order valence-corrected chi connectivity index (χ3v) is 1.66. The average molecular weight is 173 g/mol. The number of anilines is 1. The number of carbonyl (C=O) groups excluding carboxylic acids is 1. The minimum Gasteiger partial charge on any atom is -0.399 e. The molecule has 0 aliphatic heterocycles. The fourth-order valence-corrected chi connectivity index (χ4v) is 0.940. The summed E-state index contributed by atoms with van der Waals surface area (Å²) in [7, 11) is 0. The Labute approximate surface area is 77.8 Å². The summed E-state index contributed by atoms with van der Waals surface area (Å²) < 4.78 is 0. The van der Waals surface area contributed by atoms with Crippen molar-refractivity contribution in [3.63, 3.8) is 0 Å². The van der Waals surface area contributed by atoms with Crippen LogP contribution in [-0.4, -0.2) is 5.78 Å². The Kier molecular flexibility index (Phi) is 3.10. The topological polar surface area (TPSA) is 43.1 Å². The predicted octanol–water partition coefficient (Wildman–Crippen LogP) is 1.86. The van der Waals surface area contributed by atoms with Gasteiger partial charge < -0.3 is 5.73 Å². The van der Waals surface area contributed by atoms with Gasteiger partial charge in [-0.1, -0.05) is 5.92 Å². The van der Waals surface area contributed by atoms with Gasteiger partial charge >= 0.3 is 0 Å². The van der Waals surface area contributed by atoms with Crippen LogP contribution in [0.4, 0.5) is 5.69 Å². The number of ketones is 1. The highest BCUT2D eigenvalue weighted by Gasteiger charge is 2.02. The number of nitrogens with two attached hydrogens (primary N) is 1. The van der Waals surface area contributed by atoms with E-state index >= 15 is 0 Å². The number of hydrogen-bond donors (Lipinski definition) is 1. The molecule has 2 nitrogen and oxygen atoms in total. The Morgan fingerprint density at radius 3 is 2.54 bits per heavy atom. The summed E-state index contributed by atoms with van der Waals surface area (Å²) in [6.07, 6.45) is 0.278. The SMILES string of the molecule is CC#CCC(=O)c1ccc(N)cc1. The van der Waals surface area contributed by atoms with E-state index in [1.165, 1.54) is 0 Å². The first-order valence-electron chi connectivity index (χ1n) is 4.02. The summed E-state index contributed by atoms with van der Waals surface area (Å²) in [6, 6.07) is 6.86. The molecule has 1 aromatic rings. The Bertz CT molecular complexity index is 354. The lowest BCUT2D eigenvalue weighted by molar-refractivity contribution is 0.0998. The number of Topliss-reactive ketones (excluding diaryl/α,β-unsaturated/α-hetero) is 1. The molecule has 2 heteroatoms. The average Bonchev–Trinajstić information content (AvgIpc) is 2.15. The Morgan fingerprint density at radius 2 is 2.00 bits per heavy atom. The quantitative estimate of drug-likeness (QED) is 0.421. The van der Waals surface area contributed by atoms with Gasteiger partial charge in [-0.05, 0) is 31.2 Å². The molecule has 0 aromatic heterocycles. The van der Waals surface area contributed by atoms with E-state index < -0.39 is 0 Å². The Balaban J connectivity index is 2.76. The molecule has 0 aliphatic rings. The van der Waals surface area contributed by atoms with Crippen LogP contribution in [0.25, 0.3) is 0 Å². The molecule has 66 valence electrons. The summed E-state index contributed by atoms with van der Waals surface area (Å²) in [5, 5.41) is 0. The summed E-state index contributed by atoms with van der Waals surface area (Å²) in [6.45, 7) is 1.72. The van der Waals surface area contributed by atoms with Crippen molar-refractivity contribution in [2.75, 3.05) is 5.73 Å². The molecular weight excluding hydrogens is 162 g/mol. The van der Waals surface area contributed by atoms with E-state index in [9.17, 15) is 4.79 Å². The highest BCUT2D eigenvalue weighted by molar-refractivity contribution is 5.97. The number of nitrogen functional groups attached to an aromatic ring is 1. The van der Waals surface area contributed by atoms with Crippen molar-refractivity contribution >= 4 is 11.5 Å². The van der Waals surface area contributed by atoms with Crippen LogP contribution in [0.1, 0.15) is 23.7 Å². The third-order valence-electron chi connectivity index (χ3n) is 1.66. The van der Waals surface area contributed by atoms with Crippen molar-refractivity contribution in [1.82, 2.24) is 0 Å². The smallest absolute Gasteiger partial charge is 0.174 e. The zero-order valence-corrected chi connectivity index (χ0v) is 7.50. The normalized spacial score (nSPS) is 8.69. The molecular formula is C11H11NO. The second kappa shape index (κ2) is 4.32. The van der Waals surface area contributed by atoms with E-state index in [1.54, 1.807) is 31.2 Å². The molecule has 0 atom stereocenters. The van der Waals surface area contributed by atoms with Gasteiger partial charge in [0.05, 0.1) is 6.42 Å². The number of rotatable bonds is 2. The van der Waals surface area contributed by atoms with Crippen LogP contribution < -0.4 is 5.73 Å². The first-order chi connectivity index (χ1) is 6.24. The minimum atomic E-state index is 0.0364. The molecule has 0 bridgehead atoms. The van der Waals surface area contributed by atoms with E-state index in [0.29, 0.717) is 11.3 Å². The predicted molar refractivity (Wildman–Crippen MR) is 53.3 cm³/mol. The molecule has 0 spiro atoms. The molecule has 0 saturated carbocycles. The molecule has 13 heavy (non-hydrogen) atoms. The van der Waals surface area contributed by atoms with Gasteiger partial charge in [0.1, 0.15) is 0 Å². The third kappa shape index (κ3) is 2.64. The summed E-state index contributed by atoms with van der Waals surface area (Å²) in [4.78, 5) is 11.4. The van der Waals surface area contributed by atoms with Crippen LogP contribution in [0.3, 0.4) is 0 Å². The van der Waals surface area contributed by atoms with Crippen molar-refractivity contribution in [3.05, 3.63) is 29.8 Å². The van der Waals surface area contributed by atoms with Crippen LogP contribution in [0.2, 0.25) is 0 Å². The molecule has 1 aromatic carbocycles. The lowest BCUT2D eigenvalue weighted by atomic mass is 10.1. The van der Waals surface area contributed by atoms with Gasteiger partial charge in [-0.15, -0.1) is 5.92 Å². The van der Waals surface area contributed by atoms with Crippen LogP contribution in [0.5, 0.6) is 0 Å². The molecule has 0 amide bonds. The fraction of sp³-hybridized carbons (Fsp3) is 0.182. The van der Waals surface area contributed by atoms with Crippen LogP contribution in [-0.2, 0) is 0 Å². The first kappa shape index (κ1) is 9.34. The monoisotopic (exact) mass is 173 g/mol. The van der Waals surface area contributed by atoms with Crippen molar-refractivity contribution in [3.8, 4) is 11.8 Å². The molecule has 1 rings (SSSR count). The molecule has 0 aliphatic carbocycles. The van der Waals surface area contributed by atoms with Gasteiger partial charge in [0.15, 0.2) is 5.78 Å². The fourth-order valence-electron chi connectivity index (χ4n) is 0.940. The van der Waals surface area contributed by atoms with Gasteiger partial charge in [0.25, 0.3) is 0 Å². The largest absolute Gasteiger partial charge is 0.399 e. The van der Waals surface area contributed by atoms with Crippen LogP contribution in [0, 0.1) is 11.8 Å². The molecule has 0 unspecified atom stereocenters. The van der Waals surface area contributed by atoms with Gasteiger partial charge in [-0.25, -0.2) is 0 Å². The zero-order chi connectivity index (χ0) is 9.68. The maximum atomic E-state index is 11.4. The van der Waals surface area contributed by atoms with Crippen molar-refractivity contribution < 1.29 is 4.79 Å². The Hall–Kier alpha value is -1.75. The molecule has 2 N–H and O–H groups in total. The van der Waals surface area contributed by atoms with Crippen molar-refractivity contribution in [2.24, 2.45) is 0 Å². The number of hydrogen-bond acceptors (Lipinski definition) is 2. The first-order valence-corrected chi connectivity index (χ1v) is 4.02. The van der Waals surface area contributed by atoms with Gasteiger partial charge in [0.2, 0.25) is 0 Å². The van der Waals surface area contributed by atoms with E-state index in [2.05, 4.69) is 11.8 Å². The number of benzene rings is 1. The van der Waals surface area contributed by atoms with Crippen molar-refractivity contribution in [1.29, 1.82) is 0 Å². The highest BCUT2D eigenvalue weighted by atomic mass is 16.1. The van der Waals surface area contributed by atoms with Crippen LogP contribution >= 0.6 is 0 Å². The summed E-state index contributed by atoms with van der Waals surface area (Å²) in [5.41, 5.74) is 6.82. The standard InChI is InChI=1S/C11H11NO/c1-2-3-4-11(13)9-5-7-10(12)8-6-9/h5-8H,4,12H2,1H3.